The summed E-state index contributed by atoms with van der Waals surface area (Å²) in [5, 5.41) is 8.74. The lowest BCUT2D eigenvalue weighted by molar-refractivity contribution is -0.125. The van der Waals surface area contributed by atoms with E-state index in [4.69, 9.17) is 5.10 Å². The highest BCUT2D eigenvalue weighted by molar-refractivity contribution is 9.10. The minimum atomic E-state index is -0.787. The van der Waals surface area contributed by atoms with Crippen LogP contribution in [0.15, 0.2) is 83.3 Å². The van der Waals surface area contributed by atoms with Crippen LogP contribution in [0.4, 0.5) is 5.69 Å². The molecule has 3 aromatic carbocycles. The van der Waals surface area contributed by atoms with E-state index in [1.54, 1.807) is 9.58 Å². The third-order valence-corrected chi connectivity index (χ3v) is 6.67. The van der Waals surface area contributed by atoms with E-state index in [1.807, 2.05) is 99.6 Å². The predicted molar refractivity (Wildman–Crippen MR) is 142 cm³/mol. The van der Waals surface area contributed by atoms with Crippen molar-refractivity contribution in [3.8, 4) is 0 Å². The van der Waals surface area contributed by atoms with Crippen LogP contribution in [0.2, 0.25) is 0 Å². The van der Waals surface area contributed by atoms with Crippen molar-refractivity contribution in [3.63, 3.8) is 0 Å². The van der Waals surface area contributed by atoms with Gasteiger partial charge < -0.3 is 5.32 Å². The van der Waals surface area contributed by atoms with E-state index in [1.165, 1.54) is 0 Å². The van der Waals surface area contributed by atoms with E-state index < -0.39 is 17.6 Å². The van der Waals surface area contributed by atoms with Crippen LogP contribution in [0.3, 0.4) is 0 Å². The lowest BCUT2D eigenvalue weighted by Crippen LogP contribution is -2.60. The molecule has 0 bridgehead atoms. The molecule has 2 atom stereocenters. The summed E-state index contributed by atoms with van der Waals surface area (Å²) in [5.41, 5.74) is 2.52. The van der Waals surface area contributed by atoms with E-state index in [-0.39, 0.29) is 11.8 Å². The molecule has 6 nitrogen and oxygen atoms in total. The molecule has 2 amide bonds. The van der Waals surface area contributed by atoms with Crippen LogP contribution >= 0.6 is 15.9 Å². The zero-order valence-corrected chi connectivity index (χ0v) is 21.5. The second kappa shape index (κ2) is 8.96. The number of hydrogen-bond acceptors (Lipinski definition) is 3. The monoisotopic (exact) mass is 530 g/mol. The number of carbonyl (C=O) groups excluding carboxylic acids is 2. The highest BCUT2D eigenvalue weighted by Gasteiger charge is 2.46. The third kappa shape index (κ3) is 4.48. The van der Waals surface area contributed by atoms with Gasteiger partial charge in [-0.25, -0.2) is 0 Å². The Bertz CT molecular complexity index is 1390. The van der Waals surface area contributed by atoms with Crippen LogP contribution in [0.25, 0.3) is 10.9 Å². The highest BCUT2D eigenvalue weighted by atomic mass is 79.9. The molecule has 1 aliphatic rings. The van der Waals surface area contributed by atoms with Gasteiger partial charge in [-0.1, -0.05) is 64.5 Å². The summed E-state index contributed by atoms with van der Waals surface area (Å²) >= 11 is 3.48. The first kappa shape index (κ1) is 23.3. The molecule has 0 radical (unpaired) electrons. The van der Waals surface area contributed by atoms with E-state index in [0.29, 0.717) is 17.8 Å². The van der Waals surface area contributed by atoms with Gasteiger partial charge in [0.05, 0.1) is 11.6 Å². The molecule has 0 saturated heterocycles. The molecule has 178 valence electrons. The predicted octanol–water partition coefficient (Wildman–Crippen LogP) is 5.53. The van der Waals surface area contributed by atoms with E-state index in [0.717, 1.165) is 20.9 Å². The fraction of sp³-hybridized carbons (Fsp3) is 0.250. The Labute approximate surface area is 213 Å². The maximum absolute atomic E-state index is 14.1. The lowest BCUT2D eigenvalue weighted by atomic mass is 9.92. The average molecular weight is 531 g/mol. The molecule has 2 unspecified atom stereocenters. The maximum Gasteiger partial charge on any atom is 0.278 e. The smallest absolute Gasteiger partial charge is 0.278 e. The SMILES string of the molecule is CC(C)(C)NC(=O)C1C(Cc2ccccc2)n2nc3ccccc3c2C(=O)N1c1ccc(Br)cc1. The third-order valence-electron chi connectivity index (χ3n) is 6.14. The molecule has 0 fully saturated rings. The van der Waals surface area contributed by atoms with Gasteiger partial charge in [0.15, 0.2) is 0 Å². The number of hydrogen-bond donors (Lipinski definition) is 1. The lowest BCUT2D eigenvalue weighted by Gasteiger charge is -2.41. The number of benzene rings is 3. The van der Waals surface area contributed by atoms with Crippen molar-refractivity contribution in [2.24, 2.45) is 0 Å². The van der Waals surface area contributed by atoms with Gasteiger partial charge in [0.25, 0.3) is 5.91 Å². The summed E-state index contributed by atoms with van der Waals surface area (Å²) in [7, 11) is 0. The molecule has 1 aliphatic heterocycles. The Kier molecular flexibility index (Phi) is 5.97. The number of fused-ring (bicyclic) bond motifs is 3. The average Bonchev–Trinajstić information content (AvgIpc) is 3.21. The summed E-state index contributed by atoms with van der Waals surface area (Å²) in [6.45, 7) is 5.83. The quantitative estimate of drug-likeness (QED) is 0.377. The largest absolute Gasteiger partial charge is 0.350 e. The number of nitrogens with one attached hydrogen (secondary N) is 1. The van der Waals surface area contributed by atoms with Crippen LogP contribution in [0.5, 0.6) is 0 Å². The van der Waals surface area contributed by atoms with Crippen molar-refractivity contribution in [1.82, 2.24) is 15.1 Å². The van der Waals surface area contributed by atoms with Crippen LogP contribution in [-0.2, 0) is 11.2 Å². The molecule has 0 spiro atoms. The summed E-state index contributed by atoms with van der Waals surface area (Å²) in [6.07, 6.45) is 0.546. The topological polar surface area (TPSA) is 67.2 Å². The van der Waals surface area contributed by atoms with E-state index in [2.05, 4.69) is 21.2 Å². The number of rotatable bonds is 4. The second-order valence-corrected chi connectivity index (χ2v) is 10.8. The van der Waals surface area contributed by atoms with Gasteiger partial charge in [-0.15, -0.1) is 0 Å². The fourth-order valence-electron chi connectivity index (χ4n) is 4.72. The van der Waals surface area contributed by atoms with Gasteiger partial charge in [0.1, 0.15) is 11.7 Å². The highest BCUT2D eigenvalue weighted by Crippen LogP contribution is 2.37. The first-order chi connectivity index (χ1) is 16.7. The molecule has 4 aromatic rings. The number of amides is 2. The van der Waals surface area contributed by atoms with Gasteiger partial charge in [-0.3, -0.25) is 19.2 Å². The maximum atomic E-state index is 14.1. The Hall–Kier alpha value is -3.45. The summed E-state index contributed by atoms with van der Waals surface area (Å²) in [6, 6.07) is 24.0. The molecular formula is C28H27BrN4O2. The molecule has 0 saturated carbocycles. The molecule has 7 heteroatoms. The van der Waals surface area contributed by atoms with Gasteiger partial charge in [0.2, 0.25) is 5.91 Å². The first-order valence-corrected chi connectivity index (χ1v) is 12.4. The molecule has 2 heterocycles. The Morgan fingerprint density at radius 3 is 2.31 bits per heavy atom. The van der Waals surface area contributed by atoms with Crippen molar-refractivity contribution in [2.45, 2.75) is 44.8 Å². The van der Waals surface area contributed by atoms with Crippen molar-refractivity contribution >= 4 is 44.3 Å². The number of carbonyl (C=O) groups is 2. The fourth-order valence-corrected chi connectivity index (χ4v) is 4.98. The normalized spacial score (nSPS) is 17.9. The number of anilines is 1. The van der Waals surface area contributed by atoms with Crippen molar-refractivity contribution < 1.29 is 9.59 Å². The van der Waals surface area contributed by atoms with E-state index in [9.17, 15) is 9.59 Å². The molecule has 35 heavy (non-hydrogen) atoms. The Balaban J connectivity index is 1.74. The molecule has 0 aliphatic carbocycles. The van der Waals surface area contributed by atoms with Crippen LogP contribution in [-0.4, -0.2) is 33.2 Å². The zero-order chi connectivity index (χ0) is 24.7. The van der Waals surface area contributed by atoms with Crippen LogP contribution in [0.1, 0.15) is 42.9 Å². The summed E-state index contributed by atoms with van der Waals surface area (Å²) < 4.78 is 2.68. The van der Waals surface area contributed by atoms with Crippen LogP contribution in [0, 0.1) is 0 Å². The standard InChI is InChI=1S/C28H27BrN4O2/c1-28(2,3)30-26(34)25-23(17-18-9-5-4-6-10-18)33-24(21-11-7-8-12-22(21)31-33)27(35)32(25)20-15-13-19(29)14-16-20/h4-16,23,25H,17H2,1-3H3,(H,30,34). The zero-order valence-electron chi connectivity index (χ0n) is 19.9. The Morgan fingerprint density at radius 2 is 1.63 bits per heavy atom. The number of nitrogens with zero attached hydrogens (tertiary/aromatic N) is 3. The van der Waals surface area contributed by atoms with Crippen molar-refractivity contribution in [1.29, 1.82) is 0 Å². The van der Waals surface area contributed by atoms with Crippen molar-refractivity contribution in [2.75, 3.05) is 4.90 Å². The minimum absolute atomic E-state index is 0.208. The number of aromatic nitrogens is 2. The van der Waals surface area contributed by atoms with Crippen LogP contribution < -0.4 is 10.2 Å². The molecular weight excluding hydrogens is 504 g/mol. The first-order valence-electron chi connectivity index (χ1n) is 11.7. The van der Waals surface area contributed by atoms with Gasteiger partial charge >= 0.3 is 0 Å². The molecule has 5 rings (SSSR count). The molecule has 1 aromatic heterocycles. The van der Waals surface area contributed by atoms with Crippen molar-refractivity contribution in [3.05, 3.63) is 94.6 Å². The van der Waals surface area contributed by atoms with Gasteiger partial charge in [0, 0.05) is 21.1 Å². The second-order valence-electron chi connectivity index (χ2n) is 9.90. The number of halogens is 1. The molecule has 1 N–H and O–H groups in total. The van der Waals surface area contributed by atoms with Gasteiger partial charge in [-0.2, -0.15) is 5.10 Å². The summed E-state index contributed by atoms with van der Waals surface area (Å²) in [4.78, 5) is 29.7. The minimum Gasteiger partial charge on any atom is -0.350 e. The van der Waals surface area contributed by atoms with Gasteiger partial charge in [-0.05, 0) is 63.1 Å². The van der Waals surface area contributed by atoms with E-state index >= 15 is 0 Å². The Morgan fingerprint density at radius 1 is 0.971 bits per heavy atom. The summed E-state index contributed by atoms with van der Waals surface area (Å²) in [5.74, 6) is -0.445.